The zero-order valence-corrected chi connectivity index (χ0v) is 10.0. The van der Waals surface area contributed by atoms with Crippen LogP contribution in [0.1, 0.15) is 12.8 Å². The molecule has 2 heterocycles. The highest BCUT2D eigenvalue weighted by atomic mass is 16.5. The van der Waals surface area contributed by atoms with E-state index in [9.17, 15) is 9.59 Å². The van der Waals surface area contributed by atoms with E-state index < -0.39 is 0 Å². The Labute approximate surface area is 102 Å². The minimum absolute atomic E-state index is 0.110. The molecule has 2 rings (SSSR count). The SMILES string of the molecule is CC(=O)NCc1nc(-c2ccc(=O)n(C)c2)no1. The molecule has 0 aliphatic heterocycles. The third-order valence-electron chi connectivity index (χ3n) is 2.30. The van der Waals surface area contributed by atoms with Crippen LogP contribution in [-0.2, 0) is 18.4 Å². The molecule has 0 unspecified atom stereocenters. The maximum Gasteiger partial charge on any atom is 0.250 e. The van der Waals surface area contributed by atoms with Crippen molar-refractivity contribution in [3.8, 4) is 11.4 Å². The molecular weight excluding hydrogens is 236 g/mol. The number of pyridine rings is 1. The average Bonchev–Trinajstić information content (AvgIpc) is 2.79. The van der Waals surface area contributed by atoms with Crippen molar-refractivity contribution in [1.82, 2.24) is 20.0 Å². The van der Waals surface area contributed by atoms with Crippen LogP contribution in [0.4, 0.5) is 0 Å². The van der Waals surface area contributed by atoms with Crippen molar-refractivity contribution in [1.29, 1.82) is 0 Å². The summed E-state index contributed by atoms with van der Waals surface area (Å²) in [5.74, 6) is 0.525. The van der Waals surface area contributed by atoms with Gasteiger partial charge in [0.05, 0.1) is 6.54 Å². The van der Waals surface area contributed by atoms with Crippen molar-refractivity contribution < 1.29 is 9.32 Å². The highest BCUT2D eigenvalue weighted by Gasteiger charge is 2.09. The van der Waals surface area contributed by atoms with Gasteiger partial charge in [0.15, 0.2) is 0 Å². The summed E-state index contributed by atoms with van der Waals surface area (Å²) >= 11 is 0. The fourth-order valence-corrected chi connectivity index (χ4v) is 1.37. The van der Waals surface area contributed by atoms with Crippen molar-refractivity contribution in [3.05, 3.63) is 34.6 Å². The van der Waals surface area contributed by atoms with Gasteiger partial charge in [-0.3, -0.25) is 9.59 Å². The van der Waals surface area contributed by atoms with Gasteiger partial charge in [0.2, 0.25) is 23.2 Å². The lowest BCUT2D eigenvalue weighted by atomic mass is 10.3. The molecule has 94 valence electrons. The van der Waals surface area contributed by atoms with Gasteiger partial charge in [0.1, 0.15) is 0 Å². The fraction of sp³-hybridized carbons (Fsp3) is 0.273. The number of rotatable bonds is 3. The Morgan fingerprint density at radius 1 is 1.50 bits per heavy atom. The second-order valence-electron chi connectivity index (χ2n) is 3.79. The first-order chi connectivity index (χ1) is 8.56. The van der Waals surface area contributed by atoms with Gasteiger partial charge >= 0.3 is 0 Å². The summed E-state index contributed by atoms with van der Waals surface area (Å²) in [6.45, 7) is 1.60. The van der Waals surface area contributed by atoms with Gasteiger partial charge in [-0.2, -0.15) is 4.98 Å². The number of hydrogen-bond acceptors (Lipinski definition) is 5. The van der Waals surface area contributed by atoms with Crippen LogP contribution in [0.2, 0.25) is 0 Å². The Hall–Kier alpha value is -2.44. The molecule has 0 bridgehead atoms. The quantitative estimate of drug-likeness (QED) is 0.830. The summed E-state index contributed by atoms with van der Waals surface area (Å²) in [7, 11) is 1.64. The number of aryl methyl sites for hydroxylation is 1. The Bertz CT molecular complexity index is 629. The summed E-state index contributed by atoms with van der Waals surface area (Å²) in [5, 5.41) is 6.34. The monoisotopic (exact) mass is 248 g/mol. The van der Waals surface area contributed by atoms with Crippen molar-refractivity contribution in [2.75, 3.05) is 0 Å². The van der Waals surface area contributed by atoms with Crippen LogP contribution >= 0.6 is 0 Å². The smallest absolute Gasteiger partial charge is 0.250 e. The Morgan fingerprint density at radius 3 is 2.94 bits per heavy atom. The van der Waals surface area contributed by atoms with Gasteiger partial charge in [-0.05, 0) is 6.07 Å². The molecule has 1 N–H and O–H groups in total. The van der Waals surface area contributed by atoms with Crippen molar-refractivity contribution in [3.63, 3.8) is 0 Å². The van der Waals surface area contributed by atoms with Crippen molar-refractivity contribution in [2.24, 2.45) is 7.05 Å². The zero-order chi connectivity index (χ0) is 13.1. The van der Waals surface area contributed by atoms with E-state index in [2.05, 4.69) is 15.5 Å². The maximum atomic E-state index is 11.2. The Balaban J connectivity index is 2.21. The van der Waals surface area contributed by atoms with Crippen LogP contribution in [0.15, 0.2) is 27.6 Å². The molecular formula is C11H12N4O3. The molecule has 0 saturated carbocycles. The van der Waals surface area contributed by atoms with Gasteiger partial charge in [-0.15, -0.1) is 0 Å². The standard InChI is InChI=1S/C11H12N4O3/c1-7(16)12-5-9-13-11(14-18-9)8-3-4-10(17)15(2)6-8/h3-4,6H,5H2,1-2H3,(H,12,16). The molecule has 2 aromatic rings. The van der Waals surface area contributed by atoms with Gasteiger partial charge in [-0.25, -0.2) is 0 Å². The Morgan fingerprint density at radius 2 is 2.28 bits per heavy atom. The topological polar surface area (TPSA) is 90.0 Å². The van der Waals surface area contributed by atoms with E-state index >= 15 is 0 Å². The lowest BCUT2D eigenvalue weighted by Crippen LogP contribution is -2.19. The molecule has 1 amide bonds. The van der Waals surface area contributed by atoms with E-state index in [1.807, 2.05) is 0 Å². The summed E-state index contributed by atoms with van der Waals surface area (Å²) in [6, 6.07) is 3.05. The zero-order valence-electron chi connectivity index (χ0n) is 10.0. The lowest BCUT2D eigenvalue weighted by molar-refractivity contribution is -0.119. The van der Waals surface area contributed by atoms with Crippen LogP contribution in [0, 0.1) is 0 Å². The summed E-state index contributed by atoms with van der Waals surface area (Å²) < 4.78 is 6.41. The molecule has 0 spiro atoms. The normalized spacial score (nSPS) is 10.3. The number of carbonyl (C=O) groups is 1. The van der Waals surface area contributed by atoms with Crippen molar-refractivity contribution >= 4 is 5.91 Å². The number of nitrogens with zero attached hydrogens (tertiary/aromatic N) is 3. The van der Waals surface area contributed by atoms with E-state index in [0.29, 0.717) is 17.3 Å². The predicted octanol–water partition coefficient (Wildman–Crippen LogP) is 0.0714. The minimum atomic E-state index is -0.170. The van der Waals surface area contributed by atoms with Crippen LogP contribution < -0.4 is 10.9 Å². The summed E-state index contributed by atoms with van der Waals surface area (Å²) in [6.07, 6.45) is 1.62. The number of nitrogens with one attached hydrogen (secondary N) is 1. The first-order valence-electron chi connectivity index (χ1n) is 5.30. The first kappa shape index (κ1) is 12.0. The van der Waals surface area contributed by atoms with E-state index in [1.54, 1.807) is 19.3 Å². The Kier molecular flexibility index (Phi) is 3.22. The van der Waals surface area contributed by atoms with Crippen LogP contribution in [0.25, 0.3) is 11.4 Å². The average molecular weight is 248 g/mol. The van der Waals surface area contributed by atoms with Crippen molar-refractivity contribution in [2.45, 2.75) is 13.5 Å². The summed E-state index contributed by atoms with van der Waals surface area (Å²) in [5.41, 5.74) is 0.565. The highest BCUT2D eigenvalue weighted by molar-refractivity contribution is 5.72. The molecule has 0 atom stereocenters. The fourth-order valence-electron chi connectivity index (χ4n) is 1.37. The second-order valence-corrected chi connectivity index (χ2v) is 3.79. The molecule has 7 nitrogen and oxygen atoms in total. The van der Waals surface area contributed by atoms with Crippen LogP contribution in [0.5, 0.6) is 0 Å². The van der Waals surface area contributed by atoms with Gasteiger partial charge < -0.3 is 14.4 Å². The number of hydrogen-bond donors (Lipinski definition) is 1. The predicted molar refractivity (Wildman–Crippen MR) is 62.5 cm³/mol. The first-order valence-corrected chi connectivity index (χ1v) is 5.30. The lowest BCUT2D eigenvalue weighted by Gasteiger charge is -1.98. The molecule has 0 fully saturated rings. The molecule has 2 aromatic heterocycles. The molecule has 0 saturated heterocycles. The molecule has 0 aromatic carbocycles. The minimum Gasteiger partial charge on any atom is -0.347 e. The number of amides is 1. The summed E-state index contributed by atoms with van der Waals surface area (Å²) in [4.78, 5) is 26.1. The molecule has 0 radical (unpaired) electrons. The molecule has 0 aliphatic carbocycles. The third-order valence-corrected chi connectivity index (χ3v) is 2.30. The van der Waals surface area contributed by atoms with E-state index in [-0.39, 0.29) is 18.0 Å². The van der Waals surface area contributed by atoms with Gasteiger partial charge in [-0.1, -0.05) is 5.16 Å². The largest absolute Gasteiger partial charge is 0.347 e. The van der Waals surface area contributed by atoms with Crippen LogP contribution in [0.3, 0.4) is 0 Å². The second kappa shape index (κ2) is 4.82. The van der Waals surface area contributed by atoms with E-state index in [0.717, 1.165) is 0 Å². The third kappa shape index (κ3) is 2.62. The molecule has 7 heteroatoms. The number of aromatic nitrogens is 3. The molecule has 18 heavy (non-hydrogen) atoms. The van der Waals surface area contributed by atoms with E-state index in [4.69, 9.17) is 4.52 Å². The maximum absolute atomic E-state index is 11.2. The number of carbonyl (C=O) groups excluding carboxylic acids is 1. The van der Waals surface area contributed by atoms with Crippen LogP contribution in [-0.4, -0.2) is 20.6 Å². The molecule has 0 aliphatic rings. The van der Waals surface area contributed by atoms with Gasteiger partial charge in [0.25, 0.3) is 0 Å². The highest BCUT2D eigenvalue weighted by Crippen LogP contribution is 2.13. The van der Waals surface area contributed by atoms with Gasteiger partial charge in [0, 0.05) is 31.8 Å². The van der Waals surface area contributed by atoms with E-state index in [1.165, 1.54) is 17.6 Å².